The highest BCUT2D eigenvalue weighted by Crippen LogP contribution is 2.14. The predicted octanol–water partition coefficient (Wildman–Crippen LogP) is 5.64. The van der Waals surface area contributed by atoms with Crippen molar-refractivity contribution < 1.29 is 4.79 Å². The Balaban J connectivity index is 1.99. The first-order valence-electron chi connectivity index (χ1n) is 8.87. The number of urea groups is 1. The Morgan fingerprint density at radius 1 is 0.864 bits per heavy atom. The van der Waals surface area contributed by atoms with E-state index in [4.69, 9.17) is 5.73 Å². The molecule has 1 aromatic rings. The fourth-order valence-electron chi connectivity index (χ4n) is 2.71. The summed E-state index contributed by atoms with van der Waals surface area (Å²) in [6, 6.07) is 7.45. The number of amides is 2. The molecular weight excluding hydrogens is 272 g/mol. The average Bonchev–Trinajstić information content (AvgIpc) is 2.50. The van der Waals surface area contributed by atoms with E-state index in [1.165, 1.54) is 69.8 Å². The Labute approximate surface area is 135 Å². The third kappa shape index (κ3) is 9.43. The summed E-state index contributed by atoms with van der Waals surface area (Å²) in [4.78, 5) is 10.7. The van der Waals surface area contributed by atoms with E-state index in [9.17, 15) is 4.79 Å². The van der Waals surface area contributed by atoms with E-state index in [1.807, 2.05) is 12.1 Å². The fourth-order valence-corrected chi connectivity index (χ4v) is 2.71. The molecule has 0 aliphatic heterocycles. The van der Waals surface area contributed by atoms with Crippen LogP contribution in [0.2, 0.25) is 0 Å². The summed E-state index contributed by atoms with van der Waals surface area (Å²) in [5, 5.41) is 2.58. The Bertz CT molecular complexity index is 400. The lowest BCUT2D eigenvalue weighted by molar-refractivity contribution is 0.259. The van der Waals surface area contributed by atoms with Gasteiger partial charge in [0.15, 0.2) is 0 Å². The highest BCUT2D eigenvalue weighted by molar-refractivity contribution is 5.87. The van der Waals surface area contributed by atoms with Crippen LogP contribution >= 0.6 is 0 Å². The van der Waals surface area contributed by atoms with Crippen LogP contribution in [0, 0.1) is 0 Å². The van der Waals surface area contributed by atoms with Crippen LogP contribution in [0.4, 0.5) is 10.5 Å². The lowest BCUT2D eigenvalue weighted by Crippen LogP contribution is -2.19. The first kappa shape index (κ1) is 18.5. The van der Waals surface area contributed by atoms with Crippen molar-refractivity contribution in [2.24, 2.45) is 5.73 Å². The molecule has 0 aliphatic carbocycles. The summed E-state index contributed by atoms with van der Waals surface area (Å²) < 4.78 is 0. The second-order valence-corrected chi connectivity index (χ2v) is 6.12. The molecule has 0 atom stereocenters. The molecule has 0 saturated carbocycles. The lowest BCUT2D eigenvalue weighted by Gasteiger charge is -2.05. The molecule has 3 nitrogen and oxygen atoms in total. The molecule has 22 heavy (non-hydrogen) atoms. The normalized spacial score (nSPS) is 10.6. The van der Waals surface area contributed by atoms with Gasteiger partial charge >= 0.3 is 6.03 Å². The number of carbonyl (C=O) groups excluding carboxylic acids is 1. The van der Waals surface area contributed by atoms with Crippen LogP contribution in [0.15, 0.2) is 24.3 Å². The quantitative estimate of drug-likeness (QED) is 0.482. The van der Waals surface area contributed by atoms with Crippen molar-refractivity contribution in [3.05, 3.63) is 29.8 Å². The third-order valence-electron chi connectivity index (χ3n) is 4.04. The molecule has 0 heterocycles. The molecule has 0 radical (unpaired) electrons. The molecule has 0 saturated heterocycles. The summed E-state index contributed by atoms with van der Waals surface area (Å²) >= 11 is 0. The standard InChI is InChI=1S/C19H32N2O/c1-2-3-4-5-6-7-8-9-10-11-12-17-13-15-18(16-14-17)21-19(20)22/h13-16H,2-12H2,1H3,(H3,20,21,22). The molecule has 3 N–H and O–H groups in total. The number of hydrogen-bond acceptors (Lipinski definition) is 1. The molecule has 1 rings (SSSR count). The number of unbranched alkanes of at least 4 members (excludes halogenated alkanes) is 9. The zero-order chi connectivity index (χ0) is 16.0. The highest BCUT2D eigenvalue weighted by atomic mass is 16.2. The number of anilines is 1. The van der Waals surface area contributed by atoms with Gasteiger partial charge in [0.2, 0.25) is 0 Å². The molecule has 3 heteroatoms. The zero-order valence-corrected chi connectivity index (χ0v) is 14.1. The van der Waals surface area contributed by atoms with E-state index in [0.29, 0.717) is 0 Å². The van der Waals surface area contributed by atoms with Crippen molar-refractivity contribution in [3.63, 3.8) is 0 Å². The number of aryl methyl sites for hydroxylation is 1. The predicted molar refractivity (Wildman–Crippen MR) is 95.2 cm³/mol. The molecule has 0 unspecified atom stereocenters. The lowest BCUT2D eigenvalue weighted by atomic mass is 10.0. The third-order valence-corrected chi connectivity index (χ3v) is 4.04. The first-order valence-corrected chi connectivity index (χ1v) is 8.87. The number of primary amides is 1. The van der Waals surface area contributed by atoms with Crippen molar-refractivity contribution in [1.82, 2.24) is 0 Å². The van der Waals surface area contributed by atoms with Crippen molar-refractivity contribution in [3.8, 4) is 0 Å². The second kappa shape index (κ2) is 12.1. The average molecular weight is 304 g/mol. The largest absolute Gasteiger partial charge is 0.351 e. The summed E-state index contributed by atoms with van der Waals surface area (Å²) in [6.45, 7) is 2.27. The number of nitrogens with one attached hydrogen (secondary N) is 1. The molecule has 1 aromatic carbocycles. The molecule has 0 fully saturated rings. The zero-order valence-electron chi connectivity index (χ0n) is 14.1. The maximum Gasteiger partial charge on any atom is 0.316 e. The monoisotopic (exact) mass is 304 g/mol. The first-order chi connectivity index (χ1) is 10.7. The number of nitrogens with two attached hydrogens (primary N) is 1. The van der Waals surface area contributed by atoms with Gasteiger partial charge in [0.25, 0.3) is 0 Å². The molecule has 0 bridgehead atoms. The number of rotatable bonds is 12. The van der Waals surface area contributed by atoms with Crippen molar-refractivity contribution in [1.29, 1.82) is 0 Å². The van der Waals surface area contributed by atoms with Gasteiger partial charge in [-0.3, -0.25) is 0 Å². The van der Waals surface area contributed by atoms with Crippen LogP contribution in [-0.4, -0.2) is 6.03 Å². The molecule has 0 aliphatic rings. The maximum atomic E-state index is 10.7. The van der Waals surface area contributed by atoms with E-state index in [1.54, 1.807) is 0 Å². The van der Waals surface area contributed by atoms with Crippen LogP contribution in [0.3, 0.4) is 0 Å². The van der Waals surface area contributed by atoms with E-state index >= 15 is 0 Å². The Kier molecular flexibility index (Phi) is 10.2. The topological polar surface area (TPSA) is 55.1 Å². The van der Waals surface area contributed by atoms with E-state index in [0.717, 1.165) is 12.1 Å². The van der Waals surface area contributed by atoms with Gasteiger partial charge in [-0.15, -0.1) is 0 Å². The maximum absolute atomic E-state index is 10.7. The molecule has 0 spiro atoms. The van der Waals surface area contributed by atoms with Crippen molar-refractivity contribution >= 4 is 11.7 Å². The Hall–Kier alpha value is -1.51. The molecular formula is C19H32N2O. The van der Waals surface area contributed by atoms with Gasteiger partial charge in [0.05, 0.1) is 0 Å². The number of carbonyl (C=O) groups is 1. The van der Waals surface area contributed by atoms with Gasteiger partial charge in [0.1, 0.15) is 0 Å². The summed E-state index contributed by atoms with van der Waals surface area (Å²) in [6.07, 6.45) is 14.8. The molecule has 0 aromatic heterocycles. The number of hydrogen-bond donors (Lipinski definition) is 2. The minimum Gasteiger partial charge on any atom is -0.351 e. The SMILES string of the molecule is CCCCCCCCCCCCc1ccc(NC(N)=O)cc1. The van der Waals surface area contributed by atoms with Crippen molar-refractivity contribution in [2.75, 3.05) is 5.32 Å². The van der Waals surface area contributed by atoms with E-state index in [-0.39, 0.29) is 0 Å². The van der Waals surface area contributed by atoms with Crippen LogP contribution in [-0.2, 0) is 6.42 Å². The van der Waals surface area contributed by atoms with Gasteiger partial charge < -0.3 is 11.1 Å². The fraction of sp³-hybridized carbons (Fsp3) is 0.632. The minimum atomic E-state index is -0.512. The van der Waals surface area contributed by atoms with E-state index < -0.39 is 6.03 Å². The van der Waals surface area contributed by atoms with E-state index in [2.05, 4.69) is 24.4 Å². The van der Waals surface area contributed by atoms with Gasteiger partial charge in [-0.05, 0) is 30.5 Å². The van der Waals surface area contributed by atoms with Crippen LogP contribution < -0.4 is 11.1 Å². The smallest absolute Gasteiger partial charge is 0.316 e. The Morgan fingerprint density at radius 2 is 1.36 bits per heavy atom. The van der Waals surface area contributed by atoms with Crippen LogP contribution in [0.25, 0.3) is 0 Å². The molecule has 124 valence electrons. The second-order valence-electron chi connectivity index (χ2n) is 6.12. The number of benzene rings is 1. The van der Waals surface area contributed by atoms with Gasteiger partial charge in [-0.25, -0.2) is 4.79 Å². The summed E-state index contributed by atoms with van der Waals surface area (Å²) in [5.74, 6) is 0. The molecule has 2 amide bonds. The minimum absolute atomic E-state index is 0.512. The van der Waals surface area contributed by atoms with Gasteiger partial charge in [-0.1, -0.05) is 76.8 Å². The van der Waals surface area contributed by atoms with Gasteiger partial charge in [-0.2, -0.15) is 0 Å². The summed E-state index contributed by atoms with van der Waals surface area (Å²) in [7, 11) is 0. The van der Waals surface area contributed by atoms with Gasteiger partial charge in [0, 0.05) is 5.69 Å². The van der Waals surface area contributed by atoms with Crippen LogP contribution in [0.1, 0.15) is 76.7 Å². The van der Waals surface area contributed by atoms with Crippen LogP contribution in [0.5, 0.6) is 0 Å². The highest BCUT2D eigenvalue weighted by Gasteiger charge is 1.98. The Morgan fingerprint density at radius 3 is 1.86 bits per heavy atom. The van der Waals surface area contributed by atoms with Crippen molar-refractivity contribution in [2.45, 2.75) is 77.6 Å². The summed E-state index contributed by atoms with van der Waals surface area (Å²) in [5.41, 5.74) is 7.18.